The van der Waals surface area contributed by atoms with Crippen molar-refractivity contribution in [1.29, 1.82) is 0 Å². The predicted molar refractivity (Wildman–Crippen MR) is 79.4 cm³/mol. The van der Waals surface area contributed by atoms with Crippen LogP contribution in [0.15, 0.2) is 24.8 Å². The summed E-state index contributed by atoms with van der Waals surface area (Å²) in [5, 5.41) is -1.56. The first-order valence-corrected chi connectivity index (χ1v) is 7.13. The Morgan fingerprint density at radius 2 is 1.36 bits per heavy atom. The van der Waals surface area contributed by atoms with Crippen LogP contribution in [0.3, 0.4) is 0 Å². The zero-order valence-corrected chi connectivity index (χ0v) is 13.8. The van der Waals surface area contributed by atoms with Gasteiger partial charge in [-0.3, -0.25) is 9.59 Å². The van der Waals surface area contributed by atoms with Crippen LogP contribution in [0.2, 0.25) is 0 Å². The van der Waals surface area contributed by atoms with Gasteiger partial charge in [0.05, 0.1) is 6.42 Å². The molecule has 0 aromatic heterocycles. The molecule has 0 amide bonds. The Hall–Kier alpha value is -1.65. The van der Waals surface area contributed by atoms with Gasteiger partial charge in [0, 0.05) is 0 Å². The van der Waals surface area contributed by atoms with E-state index in [2.05, 4.69) is 35.3 Å². The van der Waals surface area contributed by atoms with Crippen LogP contribution in [0.5, 0.6) is 0 Å². The highest BCUT2D eigenvalue weighted by molar-refractivity contribution is 7.81. The molecule has 25 heavy (non-hydrogen) atoms. The minimum Gasteiger partial charge on any atom is -0.462 e. The fraction of sp³-hybridized carbons (Fsp3) is 0.571. The summed E-state index contributed by atoms with van der Waals surface area (Å²) in [6.45, 7) is -1.22. The van der Waals surface area contributed by atoms with Crippen LogP contribution in [-0.2, 0) is 19.1 Å². The zero-order valence-electron chi connectivity index (χ0n) is 12.9. The summed E-state index contributed by atoms with van der Waals surface area (Å²) < 4.78 is 85.8. The standard InChI is InChI=1S/C14H16F6O4S/c1-8(17)13(19,4-15)6-23-11(21)3-10(25)12(22)24-7-14(20,5-16)9(2)18/h10,25H,1-7H2. The number of rotatable bonds is 11. The molecule has 0 saturated carbocycles. The topological polar surface area (TPSA) is 52.6 Å². The van der Waals surface area contributed by atoms with E-state index in [1.54, 1.807) is 0 Å². The Balaban J connectivity index is 4.51. The maximum Gasteiger partial charge on any atom is 0.319 e. The third-order valence-electron chi connectivity index (χ3n) is 2.93. The van der Waals surface area contributed by atoms with Gasteiger partial charge < -0.3 is 9.47 Å². The van der Waals surface area contributed by atoms with Crippen LogP contribution in [-0.4, -0.2) is 55.1 Å². The molecule has 0 heterocycles. The molecule has 11 heteroatoms. The quantitative estimate of drug-likeness (QED) is 0.333. The fourth-order valence-electron chi connectivity index (χ4n) is 1.16. The predicted octanol–water partition coefficient (Wildman–Crippen LogP) is 3.08. The molecule has 0 bridgehead atoms. The number of hydrogen-bond acceptors (Lipinski definition) is 5. The first-order chi connectivity index (χ1) is 11.4. The van der Waals surface area contributed by atoms with Gasteiger partial charge in [0.1, 0.15) is 43.5 Å². The van der Waals surface area contributed by atoms with Gasteiger partial charge in [-0.2, -0.15) is 12.6 Å². The maximum atomic E-state index is 13.5. The molecule has 3 unspecified atom stereocenters. The molecule has 0 N–H and O–H groups in total. The van der Waals surface area contributed by atoms with Gasteiger partial charge in [0.2, 0.25) is 11.3 Å². The van der Waals surface area contributed by atoms with Gasteiger partial charge in [-0.25, -0.2) is 26.3 Å². The van der Waals surface area contributed by atoms with E-state index >= 15 is 0 Å². The van der Waals surface area contributed by atoms with Crippen LogP contribution in [0, 0.1) is 0 Å². The lowest BCUT2D eigenvalue weighted by molar-refractivity contribution is -0.154. The summed E-state index contributed by atoms with van der Waals surface area (Å²) in [7, 11) is 0. The van der Waals surface area contributed by atoms with E-state index in [1.807, 2.05) is 0 Å². The summed E-state index contributed by atoms with van der Waals surface area (Å²) in [6.07, 6.45) is -0.839. The molecule has 0 spiro atoms. The number of thiol groups is 1. The summed E-state index contributed by atoms with van der Waals surface area (Å²) in [5.41, 5.74) is -6.46. The largest absolute Gasteiger partial charge is 0.462 e. The van der Waals surface area contributed by atoms with Crippen molar-refractivity contribution in [3.05, 3.63) is 24.8 Å². The molecule has 0 aliphatic carbocycles. The van der Waals surface area contributed by atoms with Crippen molar-refractivity contribution in [1.82, 2.24) is 0 Å². The number of carbonyl (C=O) groups excluding carboxylic acids is 2. The third kappa shape index (κ3) is 7.00. The average molecular weight is 394 g/mol. The van der Waals surface area contributed by atoms with Crippen molar-refractivity contribution >= 4 is 24.6 Å². The monoisotopic (exact) mass is 394 g/mol. The molecular weight excluding hydrogens is 378 g/mol. The molecule has 0 rings (SSSR count). The molecule has 4 nitrogen and oxygen atoms in total. The first-order valence-electron chi connectivity index (χ1n) is 6.61. The van der Waals surface area contributed by atoms with Crippen molar-refractivity contribution < 1.29 is 45.4 Å². The van der Waals surface area contributed by atoms with Gasteiger partial charge in [-0.05, 0) is 0 Å². The Bertz CT molecular complexity index is 531. The smallest absolute Gasteiger partial charge is 0.319 e. The lowest BCUT2D eigenvalue weighted by Gasteiger charge is -2.21. The Morgan fingerprint density at radius 1 is 0.960 bits per heavy atom. The van der Waals surface area contributed by atoms with Crippen LogP contribution >= 0.6 is 12.6 Å². The number of hydrogen-bond donors (Lipinski definition) is 1. The van der Waals surface area contributed by atoms with Crippen LogP contribution < -0.4 is 0 Å². The SMILES string of the molecule is C=C(F)C(F)(CF)COC(=O)CC(S)C(=O)OCC(F)(CF)C(=C)F. The number of halogens is 6. The molecule has 0 aliphatic heterocycles. The van der Waals surface area contributed by atoms with Gasteiger partial charge >= 0.3 is 11.9 Å². The van der Waals surface area contributed by atoms with Gasteiger partial charge in [0.25, 0.3) is 0 Å². The summed E-state index contributed by atoms with van der Waals surface area (Å²) in [6, 6.07) is 0. The van der Waals surface area contributed by atoms with E-state index in [4.69, 9.17) is 0 Å². The number of carbonyl (C=O) groups is 2. The molecular formula is C14H16F6O4S. The van der Waals surface area contributed by atoms with E-state index in [-0.39, 0.29) is 0 Å². The summed E-state index contributed by atoms with van der Waals surface area (Å²) in [4.78, 5) is 22.9. The second kappa shape index (κ2) is 9.73. The van der Waals surface area contributed by atoms with E-state index in [0.717, 1.165) is 0 Å². The molecule has 0 radical (unpaired) electrons. The second-order valence-corrected chi connectivity index (χ2v) is 5.62. The molecule has 0 fully saturated rings. The minimum absolute atomic E-state index is 0.839. The van der Waals surface area contributed by atoms with Crippen LogP contribution in [0.4, 0.5) is 26.3 Å². The van der Waals surface area contributed by atoms with Gasteiger partial charge in [-0.15, -0.1) is 0 Å². The fourth-order valence-corrected chi connectivity index (χ4v) is 1.38. The van der Waals surface area contributed by atoms with Crippen molar-refractivity contribution in [3.63, 3.8) is 0 Å². The highest BCUT2D eigenvalue weighted by Gasteiger charge is 2.38. The maximum absolute atomic E-state index is 13.5. The van der Waals surface area contributed by atoms with Crippen molar-refractivity contribution in [2.45, 2.75) is 23.0 Å². The number of ether oxygens (including phenoxy) is 2. The average Bonchev–Trinajstić information content (AvgIpc) is 2.56. The van der Waals surface area contributed by atoms with Crippen LogP contribution in [0.1, 0.15) is 6.42 Å². The Kier molecular flexibility index (Phi) is 9.09. The second-order valence-electron chi connectivity index (χ2n) is 5.00. The normalized spacial score (nSPS) is 16.9. The molecule has 0 aromatic rings. The number of esters is 2. The van der Waals surface area contributed by atoms with Gasteiger partial charge in [0.15, 0.2) is 0 Å². The summed E-state index contributed by atoms with van der Waals surface area (Å²) in [5.74, 6) is -6.00. The lowest BCUT2D eigenvalue weighted by atomic mass is 10.1. The van der Waals surface area contributed by atoms with E-state index in [9.17, 15) is 35.9 Å². The van der Waals surface area contributed by atoms with Crippen molar-refractivity contribution in [2.24, 2.45) is 0 Å². The molecule has 0 aliphatic rings. The summed E-state index contributed by atoms with van der Waals surface area (Å²) >= 11 is 3.64. The first kappa shape index (κ1) is 23.4. The molecule has 3 atom stereocenters. The van der Waals surface area contributed by atoms with Crippen molar-refractivity contribution in [3.8, 4) is 0 Å². The molecule has 0 saturated heterocycles. The molecule has 144 valence electrons. The third-order valence-corrected chi connectivity index (χ3v) is 3.33. The van der Waals surface area contributed by atoms with Gasteiger partial charge in [-0.1, -0.05) is 13.2 Å². The zero-order chi connectivity index (χ0) is 19.8. The Labute approximate surface area is 145 Å². The number of alkyl halides is 4. The van der Waals surface area contributed by atoms with E-state index in [1.165, 1.54) is 0 Å². The minimum atomic E-state index is -3.24. The highest BCUT2D eigenvalue weighted by Crippen LogP contribution is 2.25. The highest BCUT2D eigenvalue weighted by atomic mass is 32.1. The Morgan fingerprint density at radius 3 is 1.72 bits per heavy atom. The van der Waals surface area contributed by atoms with E-state index in [0.29, 0.717) is 0 Å². The van der Waals surface area contributed by atoms with E-state index < -0.39 is 73.2 Å². The van der Waals surface area contributed by atoms with Crippen LogP contribution in [0.25, 0.3) is 0 Å². The lowest BCUT2D eigenvalue weighted by Crippen LogP contribution is -2.36. The van der Waals surface area contributed by atoms with Crippen molar-refractivity contribution in [2.75, 3.05) is 26.6 Å². The molecule has 0 aromatic carbocycles.